The lowest BCUT2D eigenvalue weighted by Crippen LogP contribution is -2.32. The molecule has 1 atom stereocenters. The maximum atomic E-state index is 11.8. The summed E-state index contributed by atoms with van der Waals surface area (Å²) >= 11 is 0. The first-order chi connectivity index (χ1) is 11.8. The lowest BCUT2D eigenvalue weighted by molar-refractivity contribution is -0.144. The molecule has 6 heteroatoms. The summed E-state index contributed by atoms with van der Waals surface area (Å²) in [4.78, 5) is 34.0. The second-order valence-corrected chi connectivity index (χ2v) is 5.79. The third-order valence-corrected chi connectivity index (χ3v) is 3.82. The van der Waals surface area contributed by atoms with Crippen LogP contribution in [0.1, 0.15) is 44.7 Å². The van der Waals surface area contributed by atoms with E-state index in [0.717, 1.165) is 0 Å². The van der Waals surface area contributed by atoms with E-state index in [2.05, 4.69) is 0 Å². The number of esters is 2. The Bertz CT molecular complexity index is 649. The van der Waals surface area contributed by atoms with Crippen LogP contribution in [0, 0.1) is 0 Å². The third-order valence-electron chi connectivity index (χ3n) is 3.82. The molecular formula is C19H24O6. The molecule has 0 spiro atoms. The number of carbonyl (C=O) groups excluding carboxylic acids is 2. The van der Waals surface area contributed by atoms with Crippen molar-refractivity contribution in [2.45, 2.75) is 39.0 Å². The van der Waals surface area contributed by atoms with Crippen molar-refractivity contribution in [3.63, 3.8) is 0 Å². The number of ether oxygens (including phenoxy) is 2. The molecule has 0 aliphatic rings. The van der Waals surface area contributed by atoms with Crippen LogP contribution in [0.3, 0.4) is 0 Å². The Kier molecular flexibility index (Phi) is 7.85. The van der Waals surface area contributed by atoms with Gasteiger partial charge in [0.1, 0.15) is 0 Å². The molecule has 0 bridgehead atoms. The molecule has 25 heavy (non-hydrogen) atoms. The van der Waals surface area contributed by atoms with Gasteiger partial charge in [0.05, 0.1) is 18.6 Å². The number of hydrogen-bond acceptors (Lipinski definition) is 5. The second-order valence-electron chi connectivity index (χ2n) is 5.79. The van der Waals surface area contributed by atoms with Crippen LogP contribution in [0.15, 0.2) is 30.3 Å². The van der Waals surface area contributed by atoms with Crippen LogP contribution < -0.4 is 0 Å². The molecule has 0 saturated heterocycles. The lowest BCUT2D eigenvalue weighted by Gasteiger charge is -2.25. The highest BCUT2D eigenvalue weighted by Gasteiger charge is 2.34. The zero-order chi connectivity index (χ0) is 18.9. The van der Waals surface area contributed by atoms with Gasteiger partial charge in [-0.05, 0) is 43.9 Å². The minimum absolute atomic E-state index is 0.181. The summed E-state index contributed by atoms with van der Waals surface area (Å²) in [5.74, 6) is -1.79. The molecule has 1 aromatic rings. The highest BCUT2D eigenvalue weighted by atomic mass is 16.5. The fraction of sp³-hybridized carbons (Fsp3) is 0.421. The van der Waals surface area contributed by atoms with Crippen molar-refractivity contribution in [2.24, 2.45) is 0 Å². The van der Waals surface area contributed by atoms with Gasteiger partial charge in [-0.2, -0.15) is 0 Å². The molecule has 0 radical (unpaired) electrons. The van der Waals surface area contributed by atoms with Crippen molar-refractivity contribution < 1.29 is 29.0 Å². The van der Waals surface area contributed by atoms with E-state index in [0.29, 0.717) is 30.6 Å². The molecule has 0 aliphatic heterocycles. The summed E-state index contributed by atoms with van der Waals surface area (Å²) in [6, 6.07) is 6.99. The number of carboxylic acids is 1. The molecule has 0 amide bonds. The predicted molar refractivity (Wildman–Crippen MR) is 93.0 cm³/mol. The van der Waals surface area contributed by atoms with Gasteiger partial charge in [-0.3, -0.25) is 9.59 Å². The van der Waals surface area contributed by atoms with E-state index in [-0.39, 0.29) is 12.6 Å². The summed E-state index contributed by atoms with van der Waals surface area (Å²) < 4.78 is 9.69. The van der Waals surface area contributed by atoms with Gasteiger partial charge in [-0.15, -0.1) is 0 Å². The molecular weight excluding hydrogens is 324 g/mol. The largest absolute Gasteiger partial charge is 0.481 e. The molecule has 136 valence electrons. The number of benzene rings is 1. The smallest absolute Gasteiger partial charge is 0.330 e. The van der Waals surface area contributed by atoms with Crippen molar-refractivity contribution in [3.05, 3.63) is 41.5 Å². The highest BCUT2D eigenvalue weighted by molar-refractivity contribution is 5.87. The molecule has 0 fully saturated rings. The van der Waals surface area contributed by atoms with Gasteiger partial charge in [0.15, 0.2) is 0 Å². The zero-order valence-corrected chi connectivity index (χ0v) is 14.8. The van der Waals surface area contributed by atoms with Crippen molar-refractivity contribution in [2.75, 3.05) is 13.2 Å². The normalized spacial score (nSPS) is 13.2. The van der Waals surface area contributed by atoms with E-state index < -0.39 is 17.4 Å². The van der Waals surface area contributed by atoms with Crippen molar-refractivity contribution in [1.82, 2.24) is 0 Å². The third kappa shape index (κ3) is 6.41. The van der Waals surface area contributed by atoms with Crippen molar-refractivity contribution >= 4 is 24.0 Å². The number of aliphatic carboxylic acids is 1. The van der Waals surface area contributed by atoms with Crippen LogP contribution in [0.5, 0.6) is 0 Å². The Morgan fingerprint density at radius 3 is 2.56 bits per heavy atom. The number of carboxylic acid groups (broad SMARTS) is 1. The summed E-state index contributed by atoms with van der Waals surface area (Å²) in [6.45, 7) is 5.15. The molecule has 1 unspecified atom stereocenters. The molecule has 0 aliphatic carbocycles. The van der Waals surface area contributed by atoms with E-state index in [1.54, 1.807) is 44.2 Å². The average Bonchev–Trinajstić information content (AvgIpc) is 2.57. The molecule has 1 aromatic carbocycles. The average molecular weight is 348 g/mol. The van der Waals surface area contributed by atoms with E-state index in [4.69, 9.17) is 9.47 Å². The summed E-state index contributed by atoms with van der Waals surface area (Å²) in [5.41, 5.74) is 0.209. The number of carbonyl (C=O) groups is 3. The van der Waals surface area contributed by atoms with Crippen LogP contribution in [0.25, 0.3) is 6.08 Å². The number of rotatable bonds is 9. The molecule has 0 aromatic heterocycles. The van der Waals surface area contributed by atoms with Crippen LogP contribution >= 0.6 is 0 Å². The first-order valence-corrected chi connectivity index (χ1v) is 8.11. The minimum atomic E-state index is -1.12. The minimum Gasteiger partial charge on any atom is -0.481 e. The van der Waals surface area contributed by atoms with Crippen molar-refractivity contribution in [1.29, 1.82) is 0 Å². The first-order valence-electron chi connectivity index (χ1n) is 8.11. The van der Waals surface area contributed by atoms with Gasteiger partial charge in [0.2, 0.25) is 0 Å². The Labute approximate surface area is 147 Å². The van der Waals surface area contributed by atoms with Crippen molar-refractivity contribution in [3.8, 4) is 0 Å². The second kappa shape index (κ2) is 9.61. The van der Waals surface area contributed by atoms with Gasteiger partial charge in [-0.25, -0.2) is 4.79 Å². The Balaban J connectivity index is 2.92. The van der Waals surface area contributed by atoms with Gasteiger partial charge < -0.3 is 14.6 Å². The molecule has 6 nitrogen and oxygen atoms in total. The number of hydrogen-bond donors (Lipinski definition) is 1. The summed E-state index contributed by atoms with van der Waals surface area (Å²) in [5, 5.41) is 9.67. The monoisotopic (exact) mass is 348 g/mol. The van der Waals surface area contributed by atoms with Crippen LogP contribution in [0.4, 0.5) is 0 Å². The molecule has 1 N–H and O–H groups in total. The standard InChI is InChI=1S/C19H24O6/c1-4-24-17(21)10-9-15-7-5-8-16(13-15)19(3,18(22)23)11-6-12-25-14(2)20/h5,7-10,13H,4,6,11-12H2,1-3H3,(H,22,23)/b10-9+. The maximum absolute atomic E-state index is 11.8. The fourth-order valence-corrected chi connectivity index (χ4v) is 2.36. The quantitative estimate of drug-likeness (QED) is 0.419. The topological polar surface area (TPSA) is 89.9 Å². The van der Waals surface area contributed by atoms with E-state index in [1.165, 1.54) is 13.0 Å². The van der Waals surface area contributed by atoms with E-state index >= 15 is 0 Å². The SMILES string of the molecule is CCOC(=O)/C=C/c1cccc(C(C)(CCCOC(C)=O)C(=O)O)c1. The predicted octanol–water partition coefficient (Wildman–Crippen LogP) is 2.95. The van der Waals surface area contributed by atoms with Crippen LogP contribution in [-0.4, -0.2) is 36.2 Å². The zero-order valence-electron chi connectivity index (χ0n) is 14.8. The Morgan fingerprint density at radius 2 is 1.96 bits per heavy atom. The highest BCUT2D eigenvalue weighted by Crippen LogP contribution is 2.30. The Hall–Kier alpha value is -2.63. The molecule has 0 heterocycles. The van der Waals surface area contributed by atoms with Gasteiger partial charge in [0, 0.05) is 13.0 Å². The maximum Gasteiger partial charge on any atom is 0.330 e. The van der Waals surface area contributed by atoms with Gasteiger partial charge in [-0.1, -0.05) is 24.3 Å². The lowest BCUT2D eigenvalue weighted by atomic mass is 9.78. The molecule has 1 rings (SSSR count). The van der Waals surface area contributed by atoms with Crippen LogP contribution in [0.2, 0.25) is 0 Å². The van der Waals surface area contributed by atoms with Gasteiger partial charge >= 0.3 is 17.9 Å². The van der Waals surface area contributed by atoms with Crippen LogP contribution in [-0.2, 0) is 29.3 Å². The molecule has 0 saturated carbocycles. The van der Waals surface area contributed by atoms with E-state index in [9.17, 15) is 19.5 Å². The van der Waals surface area contributed by atoms with Gasteiger partial charge in [0.25, 0.3) is 0 Å². The van der Waals surface area contributed by atoms with E-state index in [1.807, 2.05) is 0 Å². The fourth-order valence-electron chi connectivity index (χ4n) is 2.36. The first kappa shape index (κ1) is 20.4. The Morgan fingerprint density at radius 1 is 1.24 bits per heavy atom. The summed E-state index contributed by atoms with van der Waals surface area (Å²) in [6.07, 6.45) is 3.65. The summed E-state index contributed by atoms with van der Waals surface area (Å²) in [7, 11) is 0.